The second-order valence-electron chi connectivity index (χ2n) is 5.67. The van der Waals surface area contributed by atoms with Crippen LogP contribution in [0, 0.1) is 5.92 Å². The number of rotatable bonds is 2. The van der Waals surface area contributed by atoms with Gasteiger partial charge >= 0.3 is 0 Å². The molecule has 2 unspecified atom stereocenters. The van der Waals surface area contributed by atoms with Crippen LogP contribution in [-0.2, 0) is 17.6 Å². The van der Waals surface area contributed by atoms with Crippen LogP contribution < -0.4 is 16.8 Å². The van der Waals surface area contributed by atoms with Crippen molar-refractivity contribution in [3.05, 3.63) is 27.1 Å². The fourth-order valence-electron chi connectivity index (χ4n) is 2.87. The molecule has 21 heavy (non-hydrogen) atoms. The Bertz CT molecular complexity index is 764. The summed E-state index contributed by atoms with van der Waals surface area (Å²) in [5, 5.41) is 0.682. The summed E-state index contributed by atoms with van der Waals surface area (Å²) in [4.78, 5) is 30.8. The van der Waals surface area contributed by atoms with Crippen molar-refractivity contribution < 1.29 is 4.79 Å². The summed E-state index contributed by atoms with van der Waals surface area (Å²) in [7, 11) is 0. The van der Waals surface area contributed by atoms with Gasteiger partial charge in [-0.15, -0.1) is 11.3 Å². The first kappa shape index (κ1) is 14.2. The SMILES string of the molecule is CC1CCc2c(sc3ncn(C(C)C(=O)NN)c(=O)c23)C1. The Kier molecular flexibility index (Phi) is 3.54. The molecule has 1 aliphatic rings. The predicted octanol–water partition coefficient (Wildman–Crippen LogP) is 1.13. The number of nitrogens with one attached hydrogen (secondary N) is 1. The summed E-state index contributed by atoms with van der Waals surface area (Å²) in [6.07, 6.45) is 4.45. The highest BCUT2D eigenvalue weighted by molar-refractivity contribution is 7.18. The Balaban J connectivity index is 2.17. The Morgan fingerprint density at radius 2 is 2.38 bits per heavy atom. The van der Waals surface area contributed by atoms with Crippen LogP contribution >= 0.6 is 11.3 Å². The van der Waals surface area contributed by atoms with E-state index in [1.807, 2.05) is 0 Å². The van der Waals surface area contributed by atoms with E-state index in [9.17, 15) is 9.59 Å². The predicted molar refractivity (Wildman–Crippen MR) is 82.1 cm³/mol. The van der Waals surface area contributed by atoms with Crippen molar-refractivity contribution in [2.45, 2.75) is 39.2 Å². The van der Waals surface area contributed by atoms with Crippen LogP contribution in [0.25, 0.3) is 10.2 Å². The maximum absolute atomic E-state index is 12.7. The molecule has 1 amide bonds. The van der Waals surface area contributed by atoms with Crippen LogP contribution in [-0.4, -0.2) is 15.5 Å². The van der Waals surface area contributed by atoms with E-state index in [4.69, 9.17) is 5.84 Å². The molecule has 7 heteroatoms. The third-order valence-electron chi connectivity index (χ3n) is 4.18. The van der Waals surface area contributed by atoms with Crippen molar-refractivity contribution in [3.63, 3.8) is 0 Å². The van der Waals surface area contributed by atoms with Gasteiger partial charge in [-0.2, -0.15) is 0 Å². The van der Waals surface area contributed by atoms with Crippen molar-refractivity contribution in [3.8, 4) is 0 Å². The molecule has 0 aromatic carbocycles. The van der Waals surface area contributed by atoms with E-state index >= 15 is 0 Å². The van der Waals surface area contributed by atoms with E-state index in [0.29, 0.717) is 11.3 Å². The van der Waals surface area contributed by atoms with E-state index in [0.717, 1.165) is 29.7 Å². The molecule has 0 fully saturated rings. The van der Waals surface area contributed by atoms with Crippen LogP contribution in [0.1, 0.15) is 36.8 Å². The van der Waals surface area contributed by atoms with Gasteiger partial charge in [0.25, 0.3) is 11.5 Å². The Morgan fingerprint density at radius 1 is 1.62 bits per heavy atom. The molecule has 2 aromatic rings. The van der Waals surface area contributed by atoms with Gasteiger partial charge in [-0.25, -0.2) is 10.8 Å². The van der Waals surface area contributed by atoms with Gasteiger partial charge in [-0.1, -0.05) is 6.92 Å². The minimum Gasteiger partial charge on any atom is -0.292 e. The second kappa shape index (κ2) is 5.23. The van der Waals surface area contributed by atoms with Crippen molar-refractivity contribution in [1.29, 1.82) is 0 Å². The summed E-state index contributed by atoms with van der Waals surface area (Å²) in [5.74, 6) is 5.39. The molecule has 0 saturated carbocycles. The second-order valence-corrected chi connectivity index (χ2v) is 6.76. The summed E-state index contributed by atoms with van der Waals surface area (Å²) in [6, 6.07) is -0.669. The quantitative estimate of drug-likeness (QED) is 0.494. The molecule has 0 bridgehead atoms. The smallest absolute Gasteiger partial charge is 0.263 e. The zero-order valence-corrected chi connectivity index (χ0v) is 12.9. The number of carbonyl (C=O) groups is 1. The average molecular weight is 306 g/mol. The number of thiophene rings is 1. The lowest BCUT2D eigenvalue weighted by atomic mass is 9.89. The topological polar surface area (TPSA) is 90.0 Å². The lowest BCUT2D eigenvalue weighted by Crippen LogP contribution is -2.39. The molecular formula is C14H18N4O2S. The van der Waals surface area contributed by atoms with Crippen molar-refractivity contribution in [2.24, 2.45) is 11.8 Å². The highest BCUT2D eigenvalue weighted by atomic mass is 32.1. The Hall–Kier alpha value is -1.73. The number of amides is 1. The molecule has 6 nitrogen and oxygen atoms in total. The number of hydrogen-bond donors (Lipinski definition) is 2. The lowest BCUT2D eigenvalue weighted by Gasteiger charge is -2.18. The molecule has 1 aliphatic carbocycles. The molecule has 0 spiro atoms. The fraction of sp³-hybridized carbons (Fsp3) is 0.500. The molecule has 0 radical (unpaired) electrons. The van der Waals surface area contributed by atoms with E-state index < -0.39 is 11.9 Å². The number of fused-ring (bicyclic) bond motifs is 3. The van der Waals surface area contributed by atoms with Crippen LogP contribution in [0.2, 0.25) is 0 Å². The van der Waals surface area contributed by atoms with Gasteiger partial charge in [0.15, 0.2) is 0 Å². The van der Waals surface area contributed by atoms with E-state index in [2.05, 4.69) is 17.3 Å². The highest BCUT2D eigenvalue weighted by Gasteiger charge is 2.24. The standard InChI is InChI=1S/C14H18N4O2S/c1-7-3-4-9-10(5-7)21-13-11(9)14(20)18(6-16-13)8(2)12(19)17-15/h6-8H,3-5,15H2,1-2H3,(H,17,19). The summed E-state index contributed by atoms with van der Waals surface area (Å²) in [5.41, 5.74) is 3.05. The molecule has 3 rings (SSSR count). The number of hydrazine groups is 1. The van der Waals surface area contributed by atoms with Crippen LogP contribution in [0.5, 0.6) is 0 Å². The van der Waals surface area contributed by atoms with Crippen LogP contribution in [0.15, 0.2) is 11.1 Å². The molecule has 0 aliphatic heterocycles. The zero-order chi connectivity index (χ0) is 15.1. The number of aryl methyl sites for hydroxylation is 1. The highest BCUT2D eigenvalue weighted by Crippen LogP contribution is 2.35. The molecule has 2 heterocycles. The average Bonchev–Trinajstić information content (AvgIpc) is 2.84. The summed E-state index contributed by atoms with van der Waals surface area (Å²) < 4.78 is 1.36. The summed E-state index contributed by atoms with van der Waals surface area (Å²) in [6.45, 7) is 3.87. The monoisotopic (exact) mass is 306 g/mol. The minimum atomic E-state index is -0.669. The van der Waals surface area contributed by atoms with Gasteiger partial charge in [-0.3, -0.25) is 19.6 Å². The minimum absolute atomic E-state index is 0.150. The number of hydrogen-bond acceptors (Lipinski definition) is 5. The van der Waals surface area contributed by atoms with Crippen LogP contribution in [0.4, 0.5) is 0 Å². The van der Waals surface area contributed by atoms with Crippen molar-refractivity contribution in [1.82, 2.24) is 15.0 Å². The number of nitrogens with two attached hydrogens (primary N) is 1. The number of aromatic nitrogens is 2. The maximum Gasteiger partial charge on any atom is 0.263 e. The number of carbonyl (C=O) groups excluding carboxylic acids is 1. The summed E-state index contributed by atoms with van der Waals surface area (Å²) >= 11 is 1.60. The molecule has 2 atom stereocenters. The van der Waals surface area contributed by atoms with Crippen molar-refractivity contribution in [2.75, 3.05) is 0 Å². The van der Waals surface area contributed by atoms with Gasteiger partial charge in [0, 0.05) is 4.88 Å². The molecular weight excluding hydrogens is 288 g/mol. The van der Waals surface area contributed by atoms with E-state index in [1.54, 1.807) is 18.3 Å². The van der Waals surface area contributed by atoms with Crippen molar-refractivity contribution >= 4 is 27.5 Å². The third kappa shape index (κ3) is 2.26. The van der Waals surface area contributed by atoms with Gasteiger partial charge in [0.05, 0.1) is 11.7 Å². The van der Waals surface area contributed by atoms with Gasteiger partial charge < -0.3 is 0 Å². The Morgan fingerprint density at radius 3 is 3.10 bits per heavy atom. The van der Waals surface area contributed by atoms with E-state index in [-0.39, 0.29) is 5.56 Å². The van der Waals surface area contributed by atoms with Crippen LogP contribution in [0.3, 0.4) is 0 Å². The lowest BCUT2D eigenvalue weighted by molar-refractivity contribution is -0.124. The number of nitrogens with zero attached hydrogens (tertiary/aromatic N) is 2. The normalized spacial score (nSPS) is 19.3. The first-order valence-electron chi connectivity index (χ1n) is 7.04. The van der Waals surface area contributed by atoms with E-state index in [1.165, 1.54) is 15.8 Å². The fourth-order valence-corrected chi connectivity index (χ4v) is 4.21. The van der Waals surface area contributed by atoms with Gasteiger partial charge in [0.2, 0.25) is 0 Å². The van der Waals surface area contributed by atoms with Gasteiger partial charge in [0.1, 0.15) is 10.9 Å². The first-order valence-corrected chi connectivity index (χ1v) is 7.86. The largest absolute Gasteiger partial charge is 0.292 e. The molecule has 0 saturated heterocycles. The zero-order valence-electron chi connectivity index (χ0n) is 12.0. The maximum atomic E-state index is 12.7. The first-order chi connectivity index (χ1) is 10.0. The van der Waals surface area contributed by atoms with Gasteiger partial charge in [-0.05, 0) is 37.7 Å². The Labute approximate surface area is 125 Å². The third-order valence-corrected chi connectivity index (χ3v) is 5.34. The molecule has 3 N–H and O–H groups in total. The molecule has 2 aromatic heterocycles. The molecule has 112 valence electrons.